The molecule has 1 aromatic rings. The average molecular weight is 589 g/mol. The molecule has 0 radical (unpaired) electrons. The highest BCUT2D eigenvalue weighted by Crippen LogP contribution is 2.37. The maximum absolute atomic E-state index is 14.1. The Kier molecular flexibility index (Phi) is 10.4. The lowest BCUT2D eigenvalue weighted by Crippen LogP contribution is -2.45. The first-order valence-corrected chi connectivity index (χ1v) is 15.5. The quantitative estimate of drug-likeness (QED) is 0.322. The molecule has 0 spiro atoms. The van der Waals surface area contributed by atoms with Crippen LogP contribution in [0.25, 0.3) is 0 Å². The molecule has 226 valence electrons. The minimum atomic E-state index is -0.511. The Morgan fingerprint density at radius 2 is 1.90 bits per heavy atom. The highest BCUT2D eigenvalue weighted by Gasteiger charge is 2.44. The minimum Gasteiger partial charge on any atom is -0.465 e. The van der Waals surface area contributed by atoms with Crippen molar-refractivity contribution in [3.63, 3.8) is 0 Å². The van der Waals surface area contributed by atoms with Crippen molar-refractivity contribution < 1.29 is 33.3 Å². The van der Waals surface area contributed by atoms with Gasteiger partial charge in [-0.05, 0) is 78.2 Å². The first-order chi connectivity index (χ1) is 19.5. The van der Waals surface area contributed by atoms with E-state index < -0.39 is 12.1 Å². The van der Waals surface area contributed by atoms with E-state index in [-0.39, 0.29) is 41.6 Å². The van der Waals surface area contributed by atoms with Crippen LogP contribution < -0.4 is 10.2 Å². The standard InChI is InChI=1S/C31H44N2O7S/c1-19-7-9-21(10-8-19)27(34)33(24-17-22(11-14-31(3,4)5)41-26(24)28(35)37-6)20(2)12-15-32-30(36)40-25-18-39-29-23(25)13-16-38-29/h17,19-21,23,25,29H,7-10,12-13,15-16,18H2,1-6H3,(H,32,36)/t19-,20?,21-,23?,25?,29?. The van der Waals surface area contributed by atoms with Gasteiger partial charge in [0.05, 0.1) is 36.8 Å². The maximum atomic E-state index is 14.1. The summed E-state index contributed by atoms with van der Waals surface area (Å²) < 4.78 is 21.8. The van der Waals surface area contributed by atoms with E-state index in [9.17, 15) is 14.4 Å². The Hall–Kier alpha value is -2.61. The lowest BCUT2D eigenvalue weighted by molar-refractivity contribution is -0.124. The zero-order chi connectivity index (χ0) is 29.7. The summed E-state index contributed by atoms with van der Waals surface area (Å²) in [6.45, 7) is 11.5. The number of hydrogen-bond donors (Lipinski definition) is 1. The summed E-state index contributed by atoms with van der Waals surface area (Å²) in [7, 11) is 1.34. The van der Waals surface area contributed by atoms with Crippen molar-refractivity contribution in [1.82, 2.24) is 5.32 Å². The van der Waals surface area contributed by atoms with Crippen LogP contribution >= 0.6 is 11.3 Å². The number of fused-ring (bicyclic) bond motifs is 1. The molecule has 1 saturated carbocycles. The molecular formula is C31H44N2O7S. The van der Waals surface area contributed by atoms with Gasteiger partial charge in [0.15, 0.2) is 6.29 Å². The normalized spacial score (nSPS) is 26.3. The highest BCUT2D eigenvalue weighted by atomic mass is 32.1. The van der Waals surface area contributed by atoms with Gasteiger partial charge in [-0.1, -0.05) is 18.8 Å². The van der Waals surface area contributed by atoms with Crippen molar-refractivity contribution in [2.45, 2.75) is 91.6 Å². The number of hydrogen-bond acceptors (Lipinski definition) is 8. The SMILES string of the molecule is COC(=O)c1sc(C#CC(C)(C)C)cc1N(C(=O)[C@H]1CC[C@H](C)CC1)C(C)CCNC(=O)OC1COC2OCCC12. The van der Waals surface area contributed by atoms with E-state index in [0.717, 1.165) is 32.1 Å². The maximum Gasteiger partial charge on any atom is 0.407 e. The number of anilines is 1. The molecule has 4 atom stereocenters. The fraction of sp³-hybridized carbons (Fsp3) is 0.710. The van der Waals surface area contributed by atoms with Crippen molar-refractivity contribution in [2.75, 3.05) is 31.8 Å². The van der Waals surface area contributed by atoms with Crippen LogP contribution in [0, 0.1) is 35.0 Å². The Balaban J connectivity index is 1.50. The number of alkyl carbamates (subject to hydrolysis) is 1. The number of carbonyl (C=O) groups is 3. The second kappa shape index (κ2) is 13.6. The predicted molar refractivity (Wildman–Crippen MR) is 157 cm³/mol. The van der Waals surface area contributed by atoms with E-state index in [0.29, 0.717) is 47.5 Å². The number of carbonyl (C=O) groups excluding carboxylic acids is 3. The number of ether oxygens (including phenoxy) is 4. The summed E-state index contributed by atoms with van der Waals surface area (Å²) >= 11 is 1.24. The smallest absolute Gasteiger partial charge is 0.407 e. The van der Waals surface area contributed by atoms with E-state index in [1.807, 2.05) is 33.8 Å². The van der Waals surface area contributed by atoms with Gasteiger partial charge in [0, 0.05) is 23.9 Å². The van der Waals surface area contributed by atoms with Gasteiger partial charge >= 0.3 is 12.1 Å². The second-order valence-electron chi connectivity index (χ2n) is 12.5. The number of methoxy groups -OCH3 is 1. The highest BCUT2D eigenvalue weighted by molar-refractivity contribution is 7.15. The van der Waals surface area contributed by atoms with E-state index >= 15 is 0 Å². The molecule has 1 aliphatic carbocycles. The molecule has 10 heteroatoms. The molecule has 2 amide bonds. The fourth-order valence-corrected chi connectivity index (χ4v) is 6.55. The van der Waals surface area contributed by atoms with E-state index in [1.54, 1.807) is 4.90 Å². The molecule has 2 aliphatic heterocycles. The third kappa shape index (κ3) is 8.02. The molecule has 3 fully saturated rings. The summed E-state index contributed by atoms with van der Waals surface area (Å²) in [6.07, 6.45) is 3.79. The zero-order valence-electron chi connectivity index (χ0n) is 25.1. The first-order valence-electron chi connectivity index (χ1n) is 14.7. The largest absolute Gasteiger partial charge is 0.465 e. The molecule has 41 heavy (non-hydrogen) atoms. The molecule has 3 heterocycles. The molecule has 1 N–H and O–H groups in total. The van der Waals surface area contributed by atoms with Crippen LogP contribution in [0.2, 0.25) is 0 Å². The Morgan fingerprint density at radius 1 is 1.17 bits per heavy atom. The lowest BCUT2D eigenvalue weighted by Gasteiger charge is -2.35. The number of amides is 2. The molecule has 9 nitrogen and oxygen atoms in total. The summed E-state index contributed by atoms with van der Waals surface area (Å²) in [6, 6.07) is 1.53. The van der Waals surface area contributed by atoms with Gasteiger partial charge in [-0.3, -0.25) is 4.79 Å². The number of nitrogens with zero attached hydrogens (tertiary/aromatic N) is 1. The third-order valence-corrected chi connectivity index (χ3v) is 9.04. The molecule has 2 saturated heterocycles. The molecule has 3 aliphatic rings. The van der Waals surface area contributed by atoms with Crippen molar-refractivity contribution in [3.05, 3.63) is 15.8 Å². The van der Waals surface area contributed by atoms with Gasteiger partial charge in [0.2, 0.25) is 5.91 Å². The van der Waals surface area contributed by atoms with E-state index in [2.05, 4.69) is 24.1 Å². The van der Waals surface area contributed by atoms with Crippen LogP contribution in [0.15, 0.2) is 6.07 Å². The van der Waals surface area contributed by atoms with Gasteiger partial charge in [0.25, 0.3) is 0 Å². The predicted octanol–water partition coefficient (Wildman–Crippen LogP) is 5.36. The molecule has 1 aromatic heterocycles. The van der Waals surface area contributed by atoms with Crippen LogP contribution in [0.5, 0.6) is 0 Å². The van der Waals surface area contributed by atoms with Crippen LogP contribution in [0.1, 0.15) is 87.7 Å². The van der Waals surface area contributed by atoms with Gasteiger partial charge < -0.3 is 29.2 Å². The van der Waals surface area contributed by atoms with Gasteiger partial charge in [-0.15, -0.1) is 11.3 Å². The van der Waals surface area contributed by atoms with E-state index in [1.165, 1.54) is 18.4 Å². The number of nitrogens with one attached hydrogen (secondary N) is 1. The molecule has 0 aromatic carbocycles. The van der Waals surface area contributed by atoms with Crippen molar-refractivity contribution in [2.24, 2.45) is 23.2 Å². The molecular weight excluding hydrogens is 544 g/mol. The van der Waals surface area contributed by atoms with Crippen LogP contribution in [0.3, 0.4) is 0 Å². The van der Waals surface area contributed by atoms with Crippen LogP contribution in [-0.2, 0) is 23.7 Å². The summed E-state index contributed by atoms with van der Waals surface area (Å²) in [4.78, 5) is 42.3. The van der Waals surface area contributed by atoms with Gasteiger partial charge in [-0.2, -0.15) is 0 Å². The monoisotopic (exact) mass is 588 g/mol. The van der Waals surface area contributed by atoms with E-state index in [4.69, 9.17) is 18.9 Å². The Morgan fingerprint density at radius 3 is 2.59 bits per heavy atom. The third-order valence-electron chi connectivity index (χ3n) is 8.02. The molecule has 4 unspecified atom stereocenters. The molecule has 4 rings (SSSR count). The first kappa shape index (κ1) is 31.3. The number of esters is 1. The second-order valence-corrected chi connectivity index (χ2v) is 13.6. The van der Waals surface area contributed by atoms with Crippen LogP contribution in [-0.4, -0.2) is 63.3 Å². The molecule has 0 bridgehead atoms. The van der Waals surface area contributed by atoms with Gasteiger partial charge in [-0.25, -0.2) is 9.59 Å². The topological polar surface area (TPSA) is 103 Å². The minimum absolute atomic E-state index is 0.000592. The van der Waals surface area contributed by atoms with Crippen molar-refractivity contribution in [1.29, 1.82) is 0 Å². The Labute approximate surface area is 247 Å². The van der Waals surface area contributed by atoms with Gasteiger partial charge in [0.1, 0.15) is 11.0 Å². The van der Waals surface area contributed by atoms with Crippen molar-refractivity contribution in [3.8, 4) is 11.8 Å². The lowest BCUT2D eigenvalue weighted by atomic mass is 9.82. The van der Waals surface area contributed by atoms with Crippen LogP contribution in [0.4, 0.5) is 10.5 Å². The average Bonchev–Trinajstić information content (AvgIpc) is 3.65. The number of thiophene rings is 1. The zero-order valence-corrected chi connectivity index (χ0v) is 25.9. The number of rotatable bonds is 8. The summed E-state index contributed by atoms with van der Waals surface area (Å²) in [5.41, 5.74) is 0.308. The summed E-state index contributed by atoms with van der Waals surface area (Å²) in [5.74, 6) is 6.45. The van der Waals surface area contributed by atoms with Crippen molar-refractivity contribution >= 4 is 35.0 Å². The summed E-state index contributed by atoms with van der Waals surface area (Å²) in [5, 5.41) is 2.83. The fourth-order valence-electron chi connectivity index (χ4n) is 5.63. The Bertz CT molecular complexity index is 1160.